The molecule has 1 aromatic heterocycles. The van der Waals surface area contributed by atoms with Gasteiger partial charge in [-0.2, -0.15) is 0 Å². The second-order valence-corrected chi connectivity index (χ2v) is 8.61. The lowest BCUT2D eigenvalue weighted by atomic mass is 10.2. The number of hydrogen-bond donors (Lipinski definition) is 2. The fourth-order valence-corrected chi connectivity index (χ4v) is 4.47. The van der Waals surface area contributed by atoms with Crippen molar-refractivity contribution in [1.29, 1.82) is 0 Å². The summed E-state index contributed by atoms with van der Waals surface area (Å²) in [6.45, 7) is 2.02. The van der Waals surface area contributed by atoms with E-state index in [0.29, 0.717) is 26.7 Å². The van der Waals surface area contributed by atoms with Crippen LogP contribution in [-0.2, 0) is 4.79 Å². The number of ether oxygens (including phenoxy) is 3. The Morgan fingerprint density at radius 2 is 2.03 bits per heavy atom. The Kier molecular flexibility index (Phi) is 5.72. The number of methoxy groups -OCH3 is 1. The van der Waals surface area contributed by atoms with Crippen molar-refractivity contribution in [2.75, 3.05) is 24.5 Å². The van der Waals surface area contributed by atoms with Crippen LogP contribution < -0.4 is 24.8 Å². The van der Waals surface area contributed by atoms with Crippen molar-refractivity contribution in [2.45, 2.75) is 16.5 Å². The van der Waals surface area contributed by atoms with E-state index in [1.54, 1.807) is 25.3 Å². The first-order chi connectivity index (χ1) is 14.1. The molecule has 3 aromatic rings. The monoisotopic (exact) mass is 430 g/mol. The zero-order valence-corrected chi connectivity index (χ0v) is 17.3. The zero-order valence-electron chi connectivity index (χ0n) is 15.7. The van der Waals surface area contributed by atoms with Crippen LogP contribution in [0, 0.1) is 0 Å². The molecule has 4 rings (SSSR count). The summed E-state index contributed by atoms with van der Waals surface area (Å²) < 4.78 is 16.5. The molecule has 0 fully saturated rings. The molecule has 29 heavy (non-hydrogen) atoms. The summed E-state index contributed by atoms with van der Waals surface area (Å²) in [4.78, 5) is 12.5. The van der Waals surface area contributed by atoms with Gasteiger partial charge < -0.3 is 24.8 Å². The summed E-state index contributed by atoms with van der Waals surface area (Å²) in [5, 5.41) is 14.7. The maximum Gasteiger partial charge on any atom is 0.237 e. The SMILES string of the molecule is COc1cccc(Nc2nnc(S[C@H](C)C(=O)Nc3ccc4c(c3)OCO4)s2)c1. The molecular weight excluding hydrogens is 412 g/mol. The fraction of sp³-hybridized carbons (Fsp3) is 0.211. The van der Waals surface area contributed by atoms with Gasteiger partial charge in [-0.05, 0) is 31.2 Å². The summed E-state index contributed by atoms with van der Waals surface area (Å²) in [5.74, 6) is 1.92. The van der Waals surface area contributed by atoms with Crippen molar-refractivity contribution in [2.24, 2.45) is 0 Å². The van der Waals surface area contributed by atoms with E-state index in [9.17, 15) is 4.79 Å². The summed E-state index contributed by atoms with van der Waals surface area (Å²) in [6, 6.07) is 12.8. The molecule has 1 aliphatic rings. The molecule has 10 heteroatoms. The number of nitrogens with one attached hydrogen (secondary N) is 2. The van der Waals surface area contributed by atoms with Crippen molar-refractivity contribution in [3.63, 3.8) is 0 Å². The quantitative estimate of drug-likeness (QED) is 0.540. The molecular formula is C19H18N4O4S2. The standard InChI is InChI=1S/C19H18N4O4S2/c1-11(17(24)20-13-6-7-15-16(9-13)27-10-26-15)28-19-23-22-18(29-19)21-12-4-3-5-14(8-12)25-2/h3-9,11H,10H2,1-2H3,(H,20,24)(H,21,22)/t11-/m1/s1. The molecule has 0 radical (unpaired) electrons. The molecule has 0 spiro atoms. The van der Waals surface area contributed by atoms with Gasteiger partial charge >= 0.3 is 0 Å². The summed E-state index contributed by atoms with van der Waals surface area (Å²) in [7, 11) is 1.62. The lowest BCUT2D eigenvalue weighted by molar-refractivity contribution is -0.115. The number of anilines is 3. The maximum absolute atomic E-state index is 12.5. The van der Waals surface area contributed by atoms with Gasteiger partial charge in [-0.15, -0.1) is 10.2 Å². The van der Waals surface area contributed by atoms with E-state index in [1.165, 1.54) is 23.1 Å². The van der Waals surface area contributed by atoms with Gasteiger partial charge in [-0.25, -0.2) is 0 Å². The van der Waals surface area contributed by atoms with Crippen LogP contribution in [-0.4, -0.2) is 35.3 Å². The minimum Gasteiger partial charge on any atom is -0.497 e. The summed E-state index contributed by atoms with van der Waals surface area (Å²) in [6.07, 6.45) is 0. The van der Waals surface area contributed by atoms with Gasteiger partial charge in [0.05, 0.1) is 12.4 Å². The second-order valence-electron chi connectivity index (χ2n) is 6.05. The number of carbonyl (C=O) groups is 1. The first kappa shape index (κ1) is 19.3. The van der Waals surface area contributed by atoms with E-state index in [1.807, 2.05) is 31.2 Å². The molecule has 150 valence electrons. The molecule has 1 atom stereocenters. The van der Waals surface area contributed by atoms with E-state index < -0.39 is 0 Å². The highest BCUT2D eigenvalue weighted by Gasteiger charge is 2.19. The first-order valence-corrected chi connectivity index (χ1v) is 10.4. The van der Waals surface area contributed by atoms with Crippen LogP contribution in [0.4, 0.5) is 16.5 Å². The van der Waals surface area contributed by atoms with Gasteiger partial charge in [0.15, 0.2) is 15.8 Å². The van der Waals surface area contributed by atoms with Crippen LogP contribution in [0.2, 0.25) is 0 Å². The van der Waals surface area contributed by atoms with Gasteiger partial charge in [0, 0.05) is 23.5 Å². The van der Waals surface area contributed by atoms with Crippen LogP contribution in [0.5, 0.6) is 17.2 Å². The van der Waals surface area contributed by atoms with Crippen LogP contribution in [0.3, 0.4) is 0 Å². The highest BCUT2D eigenvalue weighted by atomic mass is 32.2. The van der Waals surface area contributed by atoms with E-state index in [2.05, 4.69) is 20.8 Å². The molecule has 2 heterocycles. The third-order valence-electron chi connectivity index (χ3n) is 4.01. The van der Waals surface area contributed by atoms with Crippen molar-refractivity contribution in [1.82, 2.24) is 10.2 Å². The first-order valence-electron chi connectivity index (χ1n) is 8.72. The maximum atomic E-state index is 12.5. The lowest BCUT2D eigenvalue weighted by Gasteiger charge is -2.10. The smallest absolute Gasteiger partial charge is 0.237 e. The van der Waals surface area contributed by atoms with Gasteiger partial charge in [0.25, 0.3) is 0 Å². The average Bonchev–Trinajstić information content (AvgIpc) is 3.37. The molecule has 1 aliphatic heterocycles. The average molecular weight is 431 g/mol. The molecule has 0 bridgehead atoms. The van der Waals surface area contributed by atoms with Gasteiger partial charge in [-0.1, -0.05) is 29.2 Å². The number of hydrogen-bond acceptors (Lipinski definition) is 9. The van der Waals surface area contributed by atoms with Gasteiger partial charge in [-0.3, -0.25) is 4.79 Å². The van der Waals surface area contributed by atoms with E-state index in [-0.39, 0.29) is 18.0 Å². The van der Waals surface area contributed by atoms with Gasteiger partial charge in [0.1, 0.15) is 5.75 Å². The molecule has 0 saturated heterocycles. The highest BCUT2D eigenvalue weighted by Crippen LogP contribution is 2.35. The number of carbonyl (C=O) groups excluding carboxylic acids is 1. The number of aromatic nitrogens is 2. The van der Waals surface area contributed by atoms with Gasteiger partial charge in [0.2, 0.25) is 17.8 Å². The number of amides is 1. The lowest BCUT2D eigenvalue weighted by Crippen LogP contribution is -2.22. The molecule has 2 N–H and O–H groups in total. The van der Waals surface area contributed by atoms with Crippen LogP contribution in [0.15, 0.2) is 46.8 Å². The van der Waals surface area contributed by atoms with Crippen molar-refractivity contribution >= 4 is 45.5 Å². The molecule has 0 saturated carbocycles. The Balaban J connectivity index is 1.34. The predicted molar refractivity (Wildman–Crippen MR) is 113 cm³/mol. The molecule has 0 aliphatic carbocycles. The van der Waals surface area contributed by atoms with E-state index in [4.69, 9.17) is 14.2 Å². The Morgan fingerprint density at radius 1 is 1.17 bits per heavy atom. The Hall–Kier alpha value is -2.98. The largest absolute Gasteiger partial charge is 0.497 e. The topological polar surface area (TPSA) is 94.6 Å². The number of fused-ring (bicyclic) bond motifs is 1. The van der Waals surface area contributed by atoms with Crippen LogP contribution in [0.1, 0.15) is 6.92 Å². The van der Waals surface area contributed by atoms with E-state index in [0.717, 1.165) is 11.4 Å². The Labute approximate surface area is 175 Å². The van der Waals surface area contributed by atoms with Crippen molar-refractivity contribution in [3.05, 3.63) is 42.5 Å². The molecule has 0 unspecified atom stereocenters. The minimum absolute atomic E-state index is 0.133. The fourth-order valence-electron chi connectivity index (χ4n) is 2.56. The summed E-state index contributed by atoms with van der Waals surface area (Å²) in [5.41, 5.74) is 1.51. The van der Waals surface area contributed by atoms with Crippen LogP contribution >= 0.6 is 23.1 Å². The Bertz CT molecular complexity index is 1030. The number of thioether (sulfide) groups is 1. The normalized spacial score (nSPS) is 13.0. The molecule has 2 aromatic carbocycles. The highest BCUT2D eigenvalue weighted by molar-refractivity contribution is 8.02. The number of benzene rings is 2. The Morgan fingerprint density at radius 3 is 2.90 bits per heavy atom. The third-order valence-corrected chi connectivity index (χ3v) is 6.04. The van der Waals surface area contributed by atoms with E-state index >= 15 is 0 Å². The second kappa shape index (κ2) is 8.58. The van der Waals surface area contributed by atoms with Crippen molar-refractivity contribution < 1.29 is 19.0 Å². The number of rotatable bonds is 7. The number of nitrogens with zero attached hydrogens (tertiary/aromatic N) is 2. The zero-order chi connectivity index (χ0) is 20.2. The van der Waals surface area contributed by atoms with Crippen LogP contribution in [0.25, 0.3) is 0 Å². The summed E-state index contributed by atoms with van der Waals surface area (Å²) >= 11 is 2.73. The molecule has 1 amide bonds. The third kappa shape index (κ3) is 4.72. The van der Waals surface area contributed by atoms with Crippen molar-refractivity contribution in [3.8, 4) is 17.2 Å². The minimum atomic E-state index is -0.349. The molecule has 8 nitrogen and oxygen atoms in total. The predicted octanol–water partition coefficient (Wildman–Crippen LogP) is 4.14.